The monoisotopic (exact) mass is 213 g/mol. The quantitative estimate of drug-likeness (QED) is 0.306. The lowest BCUT2D eigenvalue weighted by atomic mass is 9.90. The number of rotatable bonds is 6. The third-order valence-electron chi connectivity index (χ3n) is 2.37. The van der Waals surface area contributed by atoms with Gasteiger partial charge in [0.25, 0.3) is 0 Å². The maximum Gasteiger partial charge on any atom is 0.0881 e. The highest BCUT2D eigenvalue weighted by Gasteiger charge is 2.30. The van der Waals surface area contributed by atoms with Crippen LogP contribution >= 0.6 is 0 Å². The summed E-state index contributed by atoms with van der Waals surface area (Å²) < 4.78 is 0. The van der Waals surface area contributed by atoms with E-state index in [9.17, 15) is 5.11 Å². The molecule has 0 aliphatic heterocycles. The molecule has 0 aliphatic rings. The number of aliphatic hydroxyl groups excluding tert-OH is 2. The summed E-state index contributed by atoms with van der Waals surface area (Å²) in [5.74, 6) is 0. The van der Waals surface area contributed by atoms with Gasteiger partial charge in [-0.05, 0) is 32.2 Å². The standard InChI is InChI=1S/C10H19N3O2/c1-8(2)5-4-6-10(3,12-13-11)9(15)7-14/h5,9,14-15H,4,6-7H2,1-3H3/t9-,10-/m1/s1. The van der Waals surface area contributed by atoms with E-state index in [1.165, 1.54) is 5.57 Å². The normalized spacial score (nSPS) is 16.1. The Labute approximate surface area is 90.1 Å². The van der Waals surface area contributed by atoms with Crippen LogP contribution in [0.15, 0.2) is 16.8 Å². The molecule has 0 bridgehead atoms. The summed E-state index contributed by atoms with van der Waals surface area (Å²) in [6.07, 6.45) is 2.23. The zero-order valence-electron chi connectivity index (χ0n) is 9.51. The van der Waals surface area contributed by atoms with Gasteiger partial charge < -0.3 is 10.2 Å². The number of allylic oxidation sites excluding steroid dienone is 2. The fraction of sp³-hybridized carbons (Fsp3) is 0.800. The van der Waals surface area contributed by atoms with E-state index in [1.807, 2.05) is 19.9 Å². The van der Waals surface area contributed by atoms with Crippen LogP contribution in [0, 0.1) is 0 Å². The van der Waals surface area contributed by atoms with Crippen molar-refractivity contribution in [3.8, 4) is 0 Å². The number of azide groups is 1. The lowest BCUT2D eigenvalue weighted by Crippen LogP contribution is -2.39. The first kappa shape index (κ1) is 14.0. The van der Waals surface area contributed by atoms with E-state index < -0.39 is 18.2 Å². The highest BCUT2D eigenvalue weighted by atomic mass is 16.3. The molecule has 0 unspecified atom stereocenters. The summed E-state index contributed by atoms with van der Waals surface area (Å²) in [7, 11) is 0. The van der Waals surface area contributed by atoms with Crippen molar-refractivity contribution in [2.24, 2.45) is 5.11 Å². The average molecular weight is 213 g/mol. The van der Waals surface area contributed by atoms with Gasteiger partial charge in [-0.25, -0.2) is 0 Å². The van der Waals surface area contributed by atoms with E-state index in [2.05, 4.69) is 10.0 Å². The van der Waals surface area contributed by atoms with Crippen molar-refractivity contribution in [1.29, 1.82) is 0 Å². The van der Waals surface area contributed by atoms with Crippen LogP contribution in [0.5, 0.6) is 0 Å². The van der Waals surface area contributed by atoms with Gasteiger partial charge in [0, 0.05) is 4.91 Å². The minimum Gasteiger partial charge on any atom is -0.394 e. The fourth-order valence-corrected chi connectivity index (χ4v) is 1.24. The maximum atomic E-state index is 9.54. The number of nitrogens with zero attached hydrogens (tertiary/aromatic N) is 3. The molecule has 2 atom stereocenters. The van der Waals surface area contributed by atoms with Crippen molar-refractivity contribution in [3.05, 3.63) is 22.1 Å². The van der Waals surface area contributed by atoms with Crippen LogP contribution in [0.4, 0.5) is 0 Å². The number of aliphatic hydroxyl groups is 2. The van der Waals surface area contributed by atoms with Gasteiger partial charge in [0.15, 0.2) is 0 Å². The van der Waals surface area contributed by atoms with E-state index in [-0.39, 0.29) is 0 Å². The summed E-state index contributed by atoms with van der Waals surface area (Å²) in [5, 5.41) is 22.0. The summed E-state index contributed by atoms with van der Waals surface area (Å²) >= 11 is 0. The Morgan fingerprint density at radius 1 is 1.60 bits per heavy atom. The van der Waals surface area contributed by atoms with E-state index in [4.69, 9.17) is 10.6 Å². The molecule has 0 aromatic rings. The lowest BCUT2D eigenvalue weighted by Gasteiger charge is -2.27. The Hall–Kier alpha value is -1.03. The minimum absolute atomic E-state index is 0.398. The zero-order valence-corrected chi connectivity index (χ0v) is 9.51. The van der Waals surface area contributed by atoms with Gasteiger partial charge in [-0.1, -0.05) is 23.7 Å². The fourth-order valence-electron chi connectivity index (χ4n) is 1.24. The molecule has 0 rings (SSSR count). The molecule has 0 heterocycles. The molecule has 0 amide bonds. The summed E-state index contributed by atoms with van der Waals surface area (Å²) in [5.41, 5.74) is 8.65. The smallest absolute Gasteiger partial charge is 0.0881 e. The maximum absolute atomic E-state index is 9.54. The first-order valence-electron chi connectivity index (χ1n) is 4.95. The van der Waals surface area contributed by atoms with E-state index >= 15 is 0 Å². The van der Waals surface area contributed by atoms with Crippen molar-refractivity contribution < 1.29 is 10.2 Å². The Morgan fingerprint density at radius 2 is 2.20 bits per heavy atom. The third-order valence-corrected chi connectivity index (χ3v) is 2.37. The second kappa shape index (κ2) is 6.45. The Bertz CT molecular complexity index is 268. The van der Waals surface area contributed by atoms with E-state index in [0.717, 1.165) is 6.42 Å². The largest absolute Gasteiger partial charge is 0.394 e. The summed E-state index contributed by atoms with van der Waals surface area (Å²) in [4.78, 5) is 2.71. The molecule has 5 heteroatoms. The lowest BCUT2D eigenvalue weighted by molar-refractivity contribution is 0.0347. The topological polar surface area (TPSA) is 89.2 Å². The molecule has 15 heavy (non-hydrogen) atoms. The SMILES string of the molecule is CC(C)=CCC[C@@](C)(N=[N+]=[N-])[C@H](O)CO. The van der Waals surface area contributed by atoms with Gasteiger partial charge >= 0.3 is 0 Å². The first-order valence-corrected chi connectivity index (χ1v) is 4.95. The van der Waals surface area contributed by atoms with Crippen molar-refractivity contribution in [3.63, 3.8) is 0 Å². The van der Waals surface area contributed by atoms with Crippen molar-refractivity contribution >= 4 is 0 Å². The second-order valence-electron chi connectivity index (χ2n) is 4.07. The Balaban J connectivity index is 4.52. The van der Waals surface area contributed by atoms with Crippen molar-refractivity contribution in [2.75, 3.05) is 6.61 Å². The molecular formula is C10H19N3O2. The molecule has 0 fully saturated rings. The highest BCUT2D eigenvalue weighted by Crippen LogP contribution is 2.23. The Morgan fingerprint density at radius 3 is 2.60 bits per heavy atom. The van der Waals surface area contributed by atoms with Gasteiger partial charge in [0.05, 0.1) is 18.2 Å². The van der Waals surface area contributed by atoms with Gasteiger partial charge in [-0.3, -0.25) is 0 Å². The van der Waals surface area contributed by atoms with Crippen LogP contribution in [-0.4, -0.2) is 28.5 Å². The number of hydrogen-bond donors (Lipinski definition) is 2. The summed E-state index contributed by atoms with van der Waals surface area (Å²) in [6, 6.07) is 0. The van der Waals surface area contributed by atoms with Gasteiger partial charge in [-0.15, -0.1) is 0 Å². The van der Waals surface area contributed by atoms with E-state index in [0.29, 0.717) is 6.42 Å². The van der Waals surface area contributed by atoms with Crippen molar-refractivity contribution in [2.45, 2.75) is 45.3 Å². The van der Waals surface area contributed by atoms with Crippen molar-refractivity contribution in [1.82, 2.24) is 0 Å². The predicted octanol–water partition coefficient (Wildman–Crippen LogP) is 2.16. The zero-order chi connectivity index (χ0) is 11.9. The predicted molar refractivity (Wildman–Crippen MR) is 59.3 cm³/mol. The molecule has 2 N–H and O–H groups in total. The molecular weight excluding hydrogens is 194 g/mol. The molecule has 0 aromatic heterocycles. The van der Waals surface area contributed by atoms with Crippen LogP contribution in [-0.2, 0) is 0 Å². The molecule has 0 saturated heterocycles. The molecule has 5 nitrogen and oxygen atoms in total. The van der Waals surface area contributed by atoms with Crippen LogP contribution in [0.1, 0.15) is 33.6 Å². The van der Waals surface area contributed by atoms with Gasteiger partial charge in [-0.2, -0.15) is 0 Å². The van der Waals surface area contributed by atoms with E-state index in [1.54, 1.807) is 6.92 Å². The van der Waals surface area contributed by atoms with Crippen LogP contribution in [0.2, 0.25) is 0 Å². The molecule has 0 aliphatic carbocycles. The van der Waals surface area contributed by atoms with Gasteiger partial charge in [0.1, 0.15) is 0 Å². The molecule has 0 spiro atoms. The molecule has 0 aromatic carbocycles. The Kier molecular flexibility index (Phi) is 6.01. The average Bonchev–Trinajstić information content (AvgIpc) is 2.16. The molecule has 0 saturated carbocycles. The minimum atomic E-state index is -1.01. The first-order chi connectivity index (χ1) is 6.96. The van der Waals surface area contributed by atoms with Crippen LogP contribution in [0.3, 0.4) is 0 Å². The van der Waals surface area contributed by atoms with Crippen LogP contribution < -0.4 is 0 Å². The number of hydrogen-bond acceptors (Lipinski definition) is 3. The van der Waals surface area contributed by atoms with Gasteiger partial charge in [0.2, 0.25) is 0 Å². The third kappa shape index (κ3) is 4.83. The molecule has 0 radical (unpaired) electrons. The highest BCUT2D eigenvalue weighted by molar-refractivity contribution is 4.97. The second-order valence-corrected chi connectivity index (χ2v) is 4.07. The molecule has 86 valence electrons. The van der Waals surface area contributed by atoms with Crippen LogP contribution in [0.25, 0.3) is 10.4 Å². The summed E-state index contributed by atoms with van der Waals surface area (Å²) in [6.45, 7) is 5.21.